The zero-order valence-corrected chi connectivity index (χ0v) is 14.5. The molecule has 0 aliphatic heterocycles. The summed E-state index contributed by atoms with van der Waals surface area (Å²) in [6, 6.07) is 6.93. The number of nitrogens with zero attached hydrogens (tertiary/aromatic N) is 2. The normalized spacial score (nSPS) is 11.7. The number of ether oxygens (including phenoxy) is 1. The molecule has 0 bridgehead atoms. The van der Waals surface area contributed by atoms with E-state index in [1.807, 2.05) is 19.9 Å². The summed E-state index contributed by atoms with van der Waals surface area (Å²) in [5.74, 6) is 1.35. The molecule has 1 heterocycles. The number of halogens is 2. The third kappa shape index (κ3) is 5.74. The SMILES string of the molecule is CCc1cc(CNC(=NC)NCc2cc(C)ccc2OC(F)F)on1. The van der Waals surface area contributed by atoms with E-state index in [-0.39, 0.29) is 5.75 Å². The molecule has 0 unspecified atom stereocenters. The summed E-state index contributed by atoms with van der Waals surface area (Å²) in [5.41, 5.74) is 2.46. The number of aryl methyl sites for hydroxylation is 2. The van der Waals surface area contributed by atoms with Crippen LogP contribution in [0.5, 0.6) is 5.75 Å². The highest BCUT2D eigenvalue weighted by Gasteiger charge is 2.11. The standard InChI is InChI=1S/C17H22F2N4O2/c1-4-13-8-14(25-23-13)10-22-17(20-3)21-9-12-7-11(2)5-6-15(12)24-16(18)19/h5-8,16H,4,9-10H2,1-3H3,(H2,20,21,22). The number of guanidine groups is 1. The van der Waals surface area contributed by atoms with Crippen LogP contribution in [-0.4, -0.2) is 24.8 Å². The van der Waals surface area contributed by atoms with Gasteiger partial charge >= 0.3 is 6.61 Å². The van der Waals surface area contributed by atoms with Crippen molar-refractivity contribution in [2.75, 3.05) is 7.05 Å². The smallest absolute Gasteiger partial charge is 0.387 e. The van der Waals surface area contributed by atoms with Gasteiger partial charge in [-0.05, 0) is 19.4 Å². The summed E-state index contributed by atoms with van der Waals surface area (Å²) in [4.78, 5) is 4.10. The first-order valence-electron chi connectivity index (χ1n) is 7.95. The van der Waals surface area contributed by atoms with Crippen molar-refractivity contribution in [1.29, 1.82) is 0 Å². The Kier molecular flexibility index (Phi) is 6.73. The zero-order chi connectivity index (χ0) is 18.2. The lowest BCUT2D eigenvalue weighted by Gasteiger charge is -2.14. The molecule has 136 valence electrons. The predicted molar refractivity (Wildman–Crippen MR) is 90.7 cm³/mol. The summed E-state index contributed by atoms with van der Waals surface area (Å²) >= 11 is 0. The lowest BCUT2D eigenvalue weighted by Crippen LogP contribution is -2.36. The molecule has 0 radical (unpaired) electrons. The Bertz CT molecular complexity index is 716. The fourth-order valence-electron chi connectivity index (χ4n) is 2.23. The number of benzene rings is 1. The molecule has 6 nitrogen and oxygen atoms in total. The van der Waals surface area contributed by atoms with Crippen LogP contribution in [0.4, 0.5) is 8.78 Å². The van der Waals surface area contributed by atoms with Crippen molar-refractivity contribution in [1.82, 2.24) is 15.8 Å². The number of nitrogens with one attached hydrogen (secondary N) is 2. The second-order valence-electron chi connectivity index (χ2n) is 5.41. The Labute approximate surface area is 145 Å². The molecule has 2 N–H and O–H groups in total. The number of aliphatic imine (C=N–C) groups is 1. The van der Waals surface area contributed by atoms with Crippen LogP contribution in [0, 0.1) is 6.92 Å². The third-order valence-electron chi connectivity index (χ3n) is 3.50. The van der Waals surface area contributed by atoms with Crippen LogP contribution in [0.1, 0.15) is 29.5 Å². The van der Waals surface area contributed by atoms with Crippen molar-refractivity contribution in [3.63, 3.8) is 0 Å². The van der Waals surface area contributed by atoms with Gasteiger partial charge in [0.2, 0.25) is 0 Å². The van der Waals surface area contributed by atoms with Crippen LogP contribution in [0.15, 0.2) is 33.8 Å². The average molecular weight is 352 g/mol. The Morgan fingerprint density at radius 2 is 2.04 bits per heavy atom. The summed E-state index contributed by atoms with van der Waals surface area (Å²) in [6.07, 6.45) is 0.802. The molecule has 0 spiro atoms. The molecular formula is C17H22F2N4O2. The van der Waals surface area contributed by atoms with E-state index < -0.39 is 6.61 Å². The molecule has 2 rings (SSSR count). The minimum absolute atomic E-state index is 0.145. The summed E-state index contributed by atoms with van der Waals surface area (Å²) in [6.45, 7) is 1.73. The lowest BCUT2D eigenvalue weighted by atomic mass is 10.1. The fourth-order valence-corrected chi connectivity index (χ4v) is 2.23. The quantitative estimate of drug-likeness (QED) is 0.592. The molecule has 2 aromatic rings. The fraction of sp³-hybridized carbons (Fsp3) is 0.412. The molecule has 0 saturated carbocycles. The second-order valence-corrected chi connectivity index (χ2v) is 5.41. The first kappa shape index (κ1) is 18.7. The molecule has 0 saturated heterocycles. The van der Waals surface area contributed by atoms with Gasteiger partial charge in [-0.15, -0.1) is 0 Å². The first-order valence-corrected chi connectivity index (χ1v) is 7.95. The van der Waals surface area contributed by atoms with Crippen LogP contribution >= 0.6 is 0 Å². The van der Waals surface area contributed by atoms with E-state index in [0.29, 0.717) is 30.4 Å². The van der Waals surface area contributed by atoms with E-state index in [0.717, 1.165) is 17.7 Å². The highest BCUT2D eigenvalue weighted by atomic mass is 19.3. The molecule has 25 heavy (non-hydrogen) atoms. The number of hydrogen-bond donors (Lipinski definition) is 2. The molecule has 0 aliphatic rings. The summed E-state index contributed by atoms with van der Waals surface area (Å²) in [5, 5.41) is 10.1. The predicted octanol–water partition coefficient (Wildman–Crippen LogP) is 3.01. The second kappa shape index (κ2) is 9.00. The van der Waals surface area contributed by atoms with Crippen LogP contribution in [0.25, 0.3) is 0 Å². The Morgan fingerprint density at radius 3 is 2.68 bits per heavy atom. The van der Waals surface area contributed by atoms with Gasteiger partial charge in [0, 0.05) is 25.2 Å². The van der Waals surface area contributed by atoms with Crippen molar-refractivity contribution < 1.29 is 18.0 Å². The van der Waals surface area contributed by atoms with Gasteiger partial charge in [-0.25, -0.2) is 0 Å². The number of aromatic nitrogens is 1. The molecule has 0 amide bonds. The molecule has 0 fully saturated rings. The van der Waals surface area contributed by atoms with Crippen LogP contribution < -0.4 is 15.4 Å². The van der Waals surface area contributed by atoms with Gasteiger partial charge in [0.1, 0.15) is 5.75 Å². The third-order valence-corrected chi connectivity index (χ3v) is 3.50. The molecule has 0 atom stereocenters. The monoisotopic (exact) mass is 352 g/mol. The molecular weight excluding hydrogens is 330 g/mol. The van der Waals surface area contributed by atoms with Gasteiger partial charge < -0.3 is 19.9 Å². The van der Waals surface area contributed by atoms with Gasteiger partial charge in [0.25, 0.3) is 0 Å². The van der Waals surface area contributed by atoms with E-state index in [1.54, 1.807) is 19.2 Å². The topological polar surface area (TPSA) is 71.7 Å². The minimum atomic E-state index is -2.86. The maximum Gasteiger partial charge on any atom is 0.387 e. The van der Waals surface area contributed by atoms with E-state index in [4.69, 9.17) is 4.52 Å². The van der Waals surface area contributed by atoms with Crippen LogP contribution in [0.2, 0.25) is 0 Å². The van der Waals surface area contributed by atoms with Gasteiger partial charge in [0.15, 0.2) is 11.7 Å². The maximum atomic E-state index is 12.5. The van der Waals surface area contributed by atoms with Crippen molar-refractivity contribution in [2.24, 2.45) is 4.99 Å². The number of alkyl halides is 2. The molecule has 8 heteroatoms. The number of hydrogen-bond acceptors (Lipinski definition) is 4. The Balaban J connectivity index is 1.95. The van der Waals surface area contributed by atoms with Crippen LogP contribution in [0.3, 0.4) is 0 Å². The van der Waals surface area contributed by atoms with E-state index in [2.05, 4.69) is 25.5 Å². The van der Waals surface area contributed by atoms with E-state index in [1.165, 1.54) is 6.07 Å². The molecule has 0 aliphatic carbocycles. The van der Waals surface area contributed by atoms with Gasteiger partial charge in [-0.2, -0.15) is 8.78 Å². The largest absolute Gasteiger partial charge is 0.434 e. The minimum Gasteiger partial charge on any atom is -0.434 e. The lowest BCUT2D eigenvalue weighted by molar-refractivity contribution is -0.0504. The van der Waals surface area contributed by atoms with Crippen molar-refractivity contribution >= 4 is 5.96 Å². The zero-order valence-electron chi connectivity index (χ0n) is 14.5. The van der Waals surface area contributed by atoms with Crippen molar-refractivity contribution in [3.05, 3.63) is 46.8 Å². The summed E-state index contributed by atoms with van der Waals surface area (Å²) in [7, 11) is 1.63. The molecule has 1 aromatic heterocycles. The Morgan fingerprint density at radius 1 is 1.28 bits per heavy atom. The number of rotatable bonds is 7. The maximum absolute atomic E-state index is 12.5. The van der Waals surface area contributed by atoms with Gasteiger partial charge in [-0.3, -0.25) is 4.99 Å². The van der Waals surface area contributed by atoms with Crippen molar-refractivity contribution in [2.45, 2.75) is 40.0 Å². The summed E-state index contributed by atoms with van der Waals surface area (Å²) < 4.78 is 34.8. The van der Waals surface area contributed by atoms with Crippen molar-refractivity contribution in [3.8, 4) is 5.75 Å². The highest BCUT2D eigenvalue weighted by molar-refractivity contribution is 5.79. The highest BCUT2D eigenvalue weighted by Crippen LogP contribution is 2.21. The first-order chi connectivity index (χ1) is 12.0. The van der Waals surface area contributed by atoms with E-state index >= 15 is 0 Å². The van der Waals surface area contributed by atoms with Gasteiger partial charge in [-0.1, -0.05) is 29.8 Å². The van der Waals surface area contributed by atoms with Gasteiger partial charge in [0.05, 0.1) is 12.2 Å². The molecule has 1 aromatic carbocycles. The Hall–Kier alpha value is -2.64. The van der Waals surface area contributed by atoms with Crippen LogP contribution in [-0.2, 0) is 19.5 Å². The average Bonchev–Trinajstić information content (AvgIpc) is 3.05. The van der Waals surface area contributed by atoms with E-state index in [9.17, 15) is 8.78 Å².